The van der Waals surface area contributed by atoms with E-state index in [1.54, 1.807) is 6.92 Å². The molecule has 1 atom stereocenters. The van der Waals surface area contributed by atoms with Gasteiger partial charge in [-0.2, -0.15) is 0 Å². The van der Waals surface area contributed by atoms with Crippen molar-refractivity contribution in [3.05, 3.63) is 53.6 Å². The number of hydrogen-bond acceptors (Lipinski definition) is 2. The van der Waals surface area contributed by atoms with Gasteiger partial charge < -0.3 is 10.0 Å². The Balaban J connectivity index is 1.85. The minimum Gasteiger partial charge on any atom is -0.481 e. The molecule has 2 aromatic rings. The van der Waals surface area contributed by atoms with E-state index in [4.69, 9.17) is 5.11 Å². The Morgan fingerprint density at radius 2 is 1.80 bits per heavy atom. The Labute approximate surface area is 148 Å². The van der Waals surface area contributed by atoms with Crippen LogP contribution in [0.1, 0.15) is 37.8 Å². The number of amides is 1. The lowest BCUT2D eigenvalue weighted by Gasteiger charge is -2.34. The van der Waals surface area contributed by atoms with Crippen LogP contribution in [0.15, 0.2) is 42.5 Å². The number of hydrogen-bond donors (Lipinski definition) is 1. The monoisotopic (exact) mass is 337 g/mol. The second kappa shape index (κ2) is 7.09. The number of aliphatic carboxylic acids is 1. The topological polar surface area (TPSA) is 57.6 Å². The molecule has 1 N–H and O–H groups in total. The van der Waals surface area contributed by atoms with Gasteiger partial charge in [-0.1, -0.05) is 30.3 Å². The van der Waals surface area contributed by atoms with Crippen molar-refractivity contribution in [1.82, 2.24) is 0 Å². The van der Waals surface area contributed by atoms with Crippen LogP contribution in [-0.4, -0.2) is 23.0 Å². The highest BCUT2D eigenvalue weighted by Gasteiger charge is 2.26. The number of fused-ring (bicyclic) bond motifs is 1. The second-order valence-electron chi connectivity index (χ2n) is 6.71. The minimum atomic E-state index is -0.775. The lowest BCUT2D eigenvalue weighted by atomic mass is 9.92. The van der Waals surface area contributed by atoms with Crippen molar-refractivity contribution in [2.45, 2.75) is 45.6 Å². The predicted octanol–water partition coefficient (Wildman–Crippen LogP) is 4.06. The van der Waals surface area contributed by atoms with Gasteiger partial charge in [-0.25, -0.2) is 0 Å². The average Bonchev–Trinajstić information content (AvgIpc) is 2.59. The molecule has 25 heavy (non-hydrogen) atoms. The number of anilines is 1. The molecular formula is C21H23NO3. The summed E-state index contributed by atoms with van der Waals surface area (Å²) in [6.45, 7) is 3.71. The van der Waals surface area contributed by atoms with Gasteiger partial charge in [0.15, 0.2) is 0 Å². The van der Waals surface area contributed by atoms with Crippen molar-refractivity contribution < 1.29 is 14.7 Å². The molecule has 1 heterocycles. The Morgan fingerprint density at radius 1 is 1.12 bits per heavy atom. The highest BCUT2D eigenvalue weighted by Crippen LogP contribution is 2.34. The van der Waals surface area contributed by atoms with Gasteiger partial charge in [-0.05, 0) is 60.6 Å². The highest BCUT2D eigenvalue weighted by molar-refractivity contribution is 5.94. The summed E-state index contributed by atoms with van der Waals surface area (Å²) in [6, 6.07) is 14.6. The molecule has 0 saturated carbocycles. The Bertz CT molecular complexity index is 795. The zero-order valence-corrected chi connectivity index (χ0v) is 14.7. The molecule has 0 bridgehead atoms. The van der Waals surface area contributed by atoms with E-state index in [1.165, 1.54) is 5.56 Å². The predicted molar refractivity (Wildman–Crippen MR) is 98.8 cm³/mol. The van der Waals surface area contributed by atoms with Gasteiger partial charge in [-0.3, -0.25) is 9.59 Å². The van der Waals surface area contributed by atoms with Crippen LogP contribution in [0.3, 0.4) is 0 Å². The quantitative estimate of drug-likeness (QED) is 0.915. The standard InChI is InChI=1S/C21H23NO3/c1-14-3-7-19-13-18(10-11-20(19)22(14)15(2)23)17-8-4-16(5-9-17)6-12-21(24)25/h4-5,8-11,13-14H,3,6-7,12H2,1-2H3,(H,24,25)/t14-/m0/s1. The van der Waals surface area contributed by atoms with Crippen LogP contribution in [0.5, 0.6) is 0 Å². The van der Waals surface area contributed by atoms with E-state index >= 15 is 0 Å². The molecule has 0 aromatic heterocycles. The number of carbonyl (C=O) groups is 2. The SMILES string of the molecule is CC(=O)N1c2ccc(-c3ccc(CCC(=O)O)cc3)cc2CC[C@@H]1C. The van der Waals surface area contributed by atoms with Crippen LogP contribution in [0.25, 0.3) is 11.1 Å². The van der Waals surface area contributed by atoms with Gasteiger partial charge in [-0.15, -0.1) is 0 Å². The van der Waals surface area contributed by atoms with E-state index in [0.717, 1.165) is 35.2 Å². The van der Waals surface area contributed by atoms with Crippen molar-refractivity contribution in [2.75, 3.05) is 4.90 Å². The average molecular weight is 337 g/mol. The van der Waals surface area contributed by atoms with Gasteiger partial charge in [0.1, 0.15) is 0 Å². The van der Waals surface area contributed by atoms with Gasteiger partial charge in [0, 0.05) is 25.1 Å². The molecule has 0 spiro atoms. The Hall–Kier alpha value is -2.62. The van der Waals surface area contributed by atoms with Gasteiger partial charge >= 0.3 is 5.97 Å². The third-order valence-corrected chi connectivity index (χ3v) is 4.87. The third-order valence-electron chi connectivity index (χ3n) is 4.87. The van der Waals surface area contributed by atoms with Crippen LogP contribution in [0.4, 0.5) is 5.69 Å². The van der Waals surface area contributed by atoms with E-state index in [0.29, 0.717) is 6.42 Å². The molecule has 0 saturated heterocycles. The van der Waals surface area contributed by atoms with Crippen molar-refractivity contribution in [1.29, 1.82) is 0 Å². The van der Waals surface area contributed by atoms with Crippen LogP contribution < -0.4 is 4.90 Å². The molecular weight excluding hydrogens is 314 g/mol. The summed E-state index contributed by atoms with van der Waals surface area (Å²) in [7, 11) is 0. The third kappa shape index (κ3) is 3.73. The summed E-state index contributed by atoms with van der Waals surface area (Å²) in [5.74, 6) is -0.688. The molecule has 1 amide bonds. The maximum absolute atomic E-state index is 12.0. The van der Waals surface area contributed by atoms with Crippen LogP contribution in [0, 0.1) is 0 Å². The normalized spacial score (nSPS) is 16.4. The lowest BCUT2D eigenvalue weighted by Crippen LogP contribution is -2.40. The molecule has 0 aliphatic carbocycles. The van der Waals surface area contributed by atoms with Crippen LogP contribution >= 0.6 is 0 Å². The van der Waals surface area contributed by atoms with E-state index in [2.05, 4.69) is 19.1 Å². The molecule has 2 aromatic carbocycles. The Kier molecular flexibility index (Phi) is 4.88. The number of carboxylic acid groups (broad SMARTS) is 1. The van der Waals surface area contributed by atoms with Crippen molar-refractivity contribution in [3.8, 4) is 11.1 Å². The fourth-order valence-electron chi connectivity index (χ4n) is 3.53. The first-order valence-corrected chi connectivity index (χ1v) is 8.69. The number of carboxylic acids is 1. The molecule has 0 radical (unpaired) electrons. The molecule has 1 aliphatic rings. The first-order chi connectivity index (χ1) is 12.0. The smallest absolute Gasteiger partial charge is 0.303 e. The number of nitrogens with zero attached hydrogens (tertiary/aromatic N) is 1. The van der Waals surface area contributed by atoms with E-state index in [9.17, 15) is 9.59 Å². The lowest BCUT2D eigenvalue weighted by molar-refractivity contribution is -0.137. The van der Waals surface area contributed by atoms with Crippen molar-refractivity contribution >= 4 is 17.6 Å². The summed E-state index contributed by atoms with van der Waals surface area (Å²) in [5.41, 5.74) is 5.49. The second-order valence-corrected chi connectivity index (χ2v) is 6.71. The first kappa shape index (κ1) is 17.2. The number of rotatable bonds is 4. The Morgan fingerprint density at radius 3 is 2.44 bits per heavy atom. The summed E-state index contributed by atoms with van der Waals surface area (Å²) >= 11 is 0. The molecule has 130 valence electrons. The van der Waals surface area contributed by atoms with Crippen LogP contribution in [-0.2, 0) is 22.4 Å². The van der Waals surface area contributed by atoms with Crippen molar-refractivity contribution in [2.24, 2.45) is 0 Å². The molecule has 4 heteroatoms. The first-order valence-electron chi connectivity index (χ1n) is 8.69. The zero-order valence-electron chi connectivity index (χ0n) is 14.7. The molecule has 3 rings (SSSR count). The van der Waals surface area contributed by atoms with E-state index in [1.807, 2.05) is 35.2 Å². The summed E-state index contributed by atoms with van der Waals surface area (Å²) in [5, 5.41) is 8.77. The van der Waals surface area contributed by atoms with E-state index < -0.39 is 5.97 Å². The van der Waals surface area contributed by atoms with E-state index in [-0.39, 0.29) is 18.4 Å². The molecule has 4 nitrogen and oxygen atoms in total. The largest absolute Gasteiger partial charge is 0.481 e. The minimum absolute atomic E-state index is 0.0870. The highest BCUT2D eigenvalue weighted by atomic mass is 16.4. The molecule has 0 fully saturated rings. The van der Waals surface area contributed by atoms with Crippen molar-refractivity contribution in [3.63, 3.8) is 0 Å². The number of aryl methyl sites for hydroxylation is 2. The fourth-order valence-corrected chi connectivity index (χ4v) is 3.53. The summed E-state index contributed by atoms with van der Waals surface area (Å²) in [6.07, 6.45) is 2.65. The maximum Gasteiger partial charge on any atom is 0.303 e. The molecule has 0 unspecified atom stereocenters. The maximum atomic E-state index is 12.0. The summed E-state index contributed by atoms with van der Waals surface area (Å²) in [4.78, 5) is 24.5. The number of carbonyl (C=O) groups excluding carboxylic acids is 1. The van der Waals surface area contributed by atoms with Crippen LogP contribution in [0.2, 0.25) is 0 Å². The van der Waals surface area contributed by atoms with Gasteiger partial charge in [0.25, 0.3) is 0 Å². The zero-order chi connectivity index (χ0) is 18.0. The fraction of sp³-hybridized carbons (Fsp3) is 0.333. The number of benzene rings is 2. The van der Waals surface area contributed by atoms with Gasteiger partial charge in [0.05, 0.1) is 0 Å². The van der Waals surface area contributed by atoms with Gasteiger partial charge in [0.2, 0.25) is 5.91 Å². The molecule has 1 aliphatic heterocycles. The summed E-state index contributed by atoms with van der Waals surface area (Å²) < 4.78 is 0.